The second-order valence-electron chi connectivity index (χ2n) is 6.17. The summed E-state index contributed by atoms with van der Waals surface area (Å²) in [5.74, 6) is 0.131. The van der Waals surface area contributed by atoms with Gasteiger partial charge in [0, 0.05) is 5.92 Å². The number of hydrogen-bond acceptors (Lipinski definition) is 4. The molecule has 0 saturated carbocycles. The molecule has 0 spiro atoms. The zero-order chi connectivity index (χ0) is 17.0. The summed E-state index contributed by atoms with van der Waals surface area (Å²) in [5.41, 5.74) is 2.41. The van der Waals surface area contributed by atoms with Crippen LogP contribution in [0.3, 0.4) is 0 Å². The predicted molar refractivity (Wildman–Crippen MR) is 93.4 cm³/mol. The Kier molecular flexibility index (Phi) is 5.33. The van der Waals surface area contributed by atoms with Crippen molar-refractivity contribution >= 4 is 10.1 Å². The molecule has 2 aromatic carbocycles. The highest BCUT2D eigenvalue weighted by Gasteiger charge is 2.32. The highest BCUT2D eigenvalue weighted by molar-refractivity contribution is 7.86. The van der Waals surface area contributed by atoms with Crippen molar-refractivity contribution in [3.63, 3.8) is 0 Å². The first-order valence-corrected chi connectivity index (χ1v) is 9.94. The summed E-state index contributed by atoms with van der Waals surface area (Å²) in [6.45, 7) is 0.300. The molecule has 0 aromatic heterocycles. The molecule has 1 aliphatic rings. The SMILES string of the molecule is CS(=O)(=O)O[C@H]1CC[C@@H](C(c2ccccc2)c2ccccc2)OC1. The molecule has 0 bridgehead atoms. The van der Waals surface area contributed by atoms with Gasteiger partial charge in [-0.2, -0.15) is 8.42 Å². The molecule has 0 radical (unpaired) electrons. The summed E-state index contributed by atoms with van der Waals surface area (Å²) < 4.78 is 33.6. The van der Waals surface area contributed by atoms with E-state index in [-0.39, 0.29) is 18.1 Å². The first-order valence-electron chi connectivity index (χ1n) is 8.13. The molecule has 0 unspecified atom stereocenters. The van der Waals surface area contributed by atoms with Crippen LogP contribution in [0, 0.1) is 0 Å². The lowest BCUT2D eigenvalue weighted by atomic mass is 9.83. The van der Waals surface area contributed by atoms with E-state index in [0.717, 1.165) is 12.7 Å². The minimum absolute atomic E-state index is 0.00853. The summed E-state index contributed by atoms with van der Waals surface area (Å²) in [4.78, 5) is 0. The standard InChI is InChI=1S/C19H22O4S/c1-24(20,21)23-17-12-13-18(22-14-17)19(15-8-4-2-5-9-15)16-10-6-3-7-11-16/h2-11,17-19H,12-14H2,1H3/t17-,18-/m0/s1. The normalized spacial score (nSPS) is 21.8. The maximum atomic E-state index is 11.3. The second-order valence-corrected chi connectivity index (χ2v) is 7.77. The van der Waals surface area contributed by atoms with Gasteiger partial charge in [-0.25, -0.2) is 0 Å². The van der Waals surface area contributed by atoms with E-state index in [9.17, 15) is 8.42 Å². The van der Waals surface area contributed by atoms with Crippen LogP contribution in [-0.2, 0) is 19.0 Å². The van der Waals surface area contributed by atoms with E-state index in [1.807, 2.05) is 36.4 Å². The fourth-order valence-corrected chi connectivity index (χ4v) is 3.92. The summed E-state index contributed by atoms with van der Waals surface area (Å²) >= 11 is 0. The molecule has 1 heterocycles. The molecule has 0 amide bonds. The molecule has 1 aliphatic heterocycles. The first kappa shape index (κ1) is 17.1. The smallest absolute Gasteiger partial charge is 0.264 e. The maximum absolute atomic E-state index is 11.3. The summed E-state index contributed by atoms with van der Waals surface area (Å²) in [6.07, 6.45) is 2.14. The average molecular weight is 346 g/mol. The van der Waals surface area contributed by atoms with E-state index in [0.29, 0.717) is 13.0 Å². The number of benzene rings is 2. The monoisotopic (exact) mass is 346 g/mol. The fourth-order valence-electron chi connectivity index (χ4n) is 3.28. The third kappa shape index (κ3) is 4.44. The Bertz CT molecular complexity index is 696. The van der Waals surface area contributed by atoms with Crippen LogP contribution in [0.1, 0.15) is 29.9 Å². The van der Waals surface area contributed by atoms with Crippen molar-refractivity contribution in [3.05, 3.63) is 71.8 Å². The Morgan fingerprint density at radius 2 is 1.50 bits per heavy atom. The largest absolute Gasteiger partial charge is 0.374 e. The zero-order valence-electron chi connectivity index (χ0n) is 13.7. The lowest BCUT2D eigenvalue weighted by Gasteiger charge is -2.34. The van der Waals surface area contributed by atoms with Gasteiger partial charge in [0.25, 0.3) is 10.1 Å². The van der Waals surface area contributed by atoms with E-state index in [1.165, 1.54) is 11.1 Å². The van der Waals surface area contributed by atoms with Gasteiger partial charge in [-0.05, 0) is 24.0 Å². The lowest BCUT2D eigenvalue weighted by molar-refractivity contribution is -0.0499. The third-order valence-electron chi connectivity index (χ3n) is 4.27. The molecule has 24 heavy (non-hydrogen) atoms. The van der Waals surface area contributed by atoms with Gasteiger partial charge >= 0.3 is 0 Å². The van der Waals surface area contributed by atoms with Gasteiger partial charge in [-0.15, -0.1) is 0 Å². The van der Waals surface area contributed by atoms with Gasteiger partial charge in [0.05, 0.1) is 19.0 Å². The van der Waals surface area contributed by atoms with Crippen molar-refractivity contribution < 1.29 is 17.3 Å². The summed E-state index contributed by atoms with van der Waals surface area (Å²) in [5, 5.41) is 0. The van der Waals surface area contributed by atoms with Crippen LogP contribution in [0.15, 0.2) is 60.7 Å². The van der Waals surface area contributed by atoms with Gasteiger partial charge in [-0.1, -0.05) is 60.7 Å². The molecule has 0 N–H and O–H groups in total. The number of rotatable bonds is 5. The number of hydrogen-bond donors (Lipinski definition) is 0. The molecule has 4 nitrogen and oxygen atoms in total. The minimum atomic E-state index is -3.45. The van der Waals surface area contributed by atoms with Crippen molar-refractivity contribution in [2.75, 3.05) is 12.9 Å². The summed E-state index contributed by atoms with van der Waals surface area (Å²) in [7, 11) is -3.45. The van der Waals surface area contributed by atoms with E-state index in [1.54, 1.807) is 0 Å². The van der Waals surface area contributed by atoms with E-state index in [2.05, 4.69) is 24.3 Å². The van der Waals surface area contributed by atoms with Crippen molar-refractivity contribution in [1.29, 1.82) is 0 Å². The van der Waals surface area contributed by atoms with Gasteiger partial charge in [-0.3, -0.25) is 4.18 Å². The van der Waals surface area contributed by atoms with Crippen LogP contribution in [0.5, 0.6) is 0 Å². The average Bonchev–Trinajstić information content (AvgIpc) is 2.57. The maximum Gasteiger partial charge on any atom is 0.264 e. The van der Waals surface area contributed by atoms with Gasteiger partial charge in [0.1, 0.15) is 6.10 Å². The highest BCUT2D eigenvalue weighted by Crippen LogP contribution is 2.34. The molecule has 1 fully saturated rings. The second kappa shape index (κ2) is 7.47. The Balaban J connectivity index is 1.78. The zero-order valence-corrected chi connectivity index (χ0v) is 14.5. The quantitative estimate of drug-likeness (QED) is 0.779. The highest BCUT2D eigenvalue weighted by atomic mass is 32.2. The van der Waals surface area contributed by atoms with Gasteiger partial charge in [0.15, 0.2) is 0 Å². The number of ether oxygens (including phenoxy) is 1. The molecular formula is C19H22O4S. The van der Waals surface area contributed by atoms with Crippen LogP contribution < -0.4 is 0 Å². The molecule has 3 rings (SSSR count). The van der Waals surface area contributed by atoms with Crippen molar-refractivity contribution in [2.45, 2.75) is 31.0 Å². The van der Waals surface area contributed by atoms with E-state index >= 15 is 0 Å². The Hall–Kier alpha value is -1.69. The van der Waals surface area contributed by atoms with Crippen molar-refractivity contribution in [3.8, 4) is 0 Å². The minimum Gasteiger partial charge on any atom is -0.374 e. The Morgan fingerprint density at radius 1 is 0.958 bits per heavy atom. The molecule has 1 saturated heterocycles. The molecule has 2 aromatic rings. The molecule has 128 valence electrons. The topological polar surface area (TPSA) is 52.6 Å². The van der Waals surface area contributed by atoms with Crippen molar-refractivity contribution in [1.82, 2.24) is 0 Å². The van der Waals surface area contributed by atoms with Crippen LogP contribution in [0.4, 0.5) is 0 Å². The Morgan fingerprint density at radius 3 is 1.92 bits per heavy atom. The molecule has 2 atom stereocenters. The van der Waals surface area contributed by atoms with Gasteiger partial charge < -0.3 is 4.74 Å². The predicted octanol–water partition coefficient (Wildman–Crippen LogP) is 3.34. The molecule has 0 aliphatic carbocycles. The van der Waals surface area contributed by atoms with Crippen molar-refractivity contribution in [2.24, 2.45) is 0 Å². The van der Waals surface area contributed by atoms with E-state index in [4.69, 9.17) is 8.92 Å². The van der Waals surface area contributed by atoms with Crippen LogP contribution >= 0.6 is 0 Å². The first-order chi connectivity index (χ1) is 11.5. The molecule has 5 heteroatoms. The third-order valence-corrected chi connectivity index (χ3v) is 4.89. The van der Waals surface area contributed by atoms with E-state index < -0.39 is 10.1 Å². The van der Waals surface area contributed by atoms with Crippen LogP contribution in [0.25, 0.3) is 0 Å². The van der Waals surface area contributed by atoms with Crippen LogP contribution in [0.2, 0.25) is 0 Å². The molecular weight excluding hydrogens is 324 g/mol. The van der Waals surface area contributed by atoms with Crippen LogP contribution in [-0.4, -0.2) is 33.5 Å². The lowest BCUT2D eigenvalue weighted by Crippen LogP contribution is -2.36. The Labute approximate surface area is 143 Å². The van der Waals surface area contributed by atoms with Gasteiger partial charge in [0.2, 0.25) is 0 Å². The fraction of sp³-hybridized carbons (Fsp3) is 0.368. The summed E-state index contributed by atoms with van der Waals surface area (Å²) in [6, 6.07) is 20.6.